The predicted molar refractivity (Wildman–Crippen MR) is 66.5 cm³/mol. The quantitative estimate of drug-likeness (QED) is 0.507. The van der Waals surface area contributed by atoms with Gasteiger partial charge in [0.25, 0.3) is 0 Å². The summed E-state index contributed by atoms with van der Waals surface area (Å²) in [5.74, 6) is 0.898. The fourth-order valence-electron chi connectivity index (χ4n) is 1.50. The molecule has 0 aromatic carbocycles. The fraction of sp³-hybridized carbons (Fsp3) is 1.00. The Balaban J connectivity index is 4.69. The van der Waals surface area contributed by atoms with Gasteiger partial charge in [0.05, 0.1) is 5.60 Å². The molecule has 2 N–H and O–H groups in total. The molecule has 0 aliphatic carbocycles. The van der Waals surface area contributed by atoms with Crippen molar-refractivity contribution < 1.29 is 18.9 Å². The van der Waals surface area contributed by atoms with Crippen molar-refractivity contribution in [3.63, 3.8) is 0 Å². The molecule has 0 unspecified atom stereocenters. The lowest BCUT2D eigenvalue weighted by Gasteiger charge is -2.32. The van der Waals surface area contributed by atoms with Crippen LogP contribution in [0.1, 0.15) is 25.7 Å². The molecule has 0 heterocycles. The van der Waals surface area contributed by atoms with Crippen molar-refractivity contribution >= 4 is 42.6 Å². The summed E-state index contributed by atoms with van der Waals surface area (Å²) >= 11 is 16.8. The molecule has 0 aliphatic heterocycles. The normalized spacial score (nSPS) is 13.1. The van der Waals surface area contributed by atoms with Crippen LogP contribution in [0.15, 0.2) is 0 Å². The minimum atomic E-state index is -4.55. The fourth-order valence-corrected chi connectivity index (χ4v) is 3.10. The molecule has 8 heteroatoms. The predicted octanol–water partition coefficient (Wildman–Crippen LogP) is 3.11. The van der Waals surface area contributed by atoms with E-state index in [-0.39, 0.29) is 11.8 Å². The summed E-state index contributed by atoms with van der Waals surface area (Å²) in [6.45, 7) is 0. The lowest BCUT2D eigenvalue weighted by molar-refractivity contribution is 0.0205. The van der Waals surface area contributed by atoms with Crippen molar-refractivity contribution in [1.29, 1.82) is 0 Å². The number of phosphoric acid groups is 1. The first-order valence-electron chi connectivity index (χ1n) is 4.83. The van der Waals surface area contributed by atoms with E-state index in [9.17, 15) is 4.57 Å². The van der Waals surface area contributed by atoms with Gasteiger partial charge in [0.2, 0.25) is 0 Å². The topological polar surface area (TPSA) is 66.8 Å². The molecule has 98 valence electrons. The monoisotopic (exact) mass is 312 g/mol. The minimum absolute atomic E-state index is 0.249. The molecule has 0 aromatic rings. The number of hydrogen-bond acceptors (Lipinski definition) is 2. The summed E-state index contributed by atoms with van der Waals surface area (Å²) in [5, 5.41) is 0. The highest BCUT2D eigenvalue weighted by Gasteiger charge is 2.36. The Morgan fingerprint density at radius 2 is 1.50 bits per heavy atom. The summed E-state index contributed by atoms with van der Waals surface area (Å²) in [4.78, 5) is 17.8. The van der Waals surface area contributed by atoms with Gasteiger partial charge in [-0.1, -0.05) is 0 Å². The van der Waals surface area contributed by atoms with Gasteiger partial charge in [0, 0.05) is 17.6 Å². The van der Waals surface area contributed by atoms with Gasteiger partial charge in [-0.3, -0.25) is 4.52 Å². The Morgan fingerprint density at radius 1 is 1.00 bits per heavy atom. The first-order chi connectivity index (χ1) is 7.39. The summed E-state index contributed by atoms with van der Waals surface area (Å²) in [6, 6.07) is 0. The Bertz CT molecular complexity index is 227. The number of phosphoric ester groups is 1. The van der Waals surface area contributed by atoms with E-state index in [1.54, 1.807) is 0 Å². The second-order valence-corrected chi connectivity index (χ2v) is 5.73. The zero-order chi connectivity index (χ0) is 12.7. The van der Waals surface area contributed by atoms with E-state index in [0.717, 1.165) is 0 Å². The minimum Gasteiger partial charge on any atom is -0.303 e. The lowest BCUT2D eigenvalue weighted by Crippen LogP contribution is -2.33. The second kappa shape index (κ2) is 8.15. The first kappa shape index (κ1) is 17.0. The maximum absolute atomic E-state index is 10.9. The zero-order valence-corrected chi connectivity index (χ0v) is 11.9. The highest BCUT2D eigenvalue weighted by Crippen LogP contribution is 2.46. The first-order valence-corrected chi connectivity index (χ1v) is 7.97. The molecule has 0 bridgehead atoms. The van der Waals surface area contributed by atoms with Crippen LogP contribution in [0.4, 0.5) is 0 Å². The zero-order valence-electron chi connectivity index (χ0n) is 8.74. The Kier molecular flexibility index (Phi) is 8.65. The molecule has 0 aromatic heterocycles. The molecule has 4 nitrogen and oxygen atoms in total. The highest BCUT2D eigenvalue weighted by molar-refractivity contribution is 7.46. The molecule has 0 radical (unpaired) electrons. The number of hydrogen-bond donors (Lipinski definition) is 2. The van der Waals surface area contributed by atoms with Crippen LogP contribution >= 0.6 is 42.6 Å². The van der Waals surface area contributed by atoms with Crippen LogP contribution in [0.2, 0.25) is 0 Å². The SMILES string of the molecule is O=P(O)(O)OC(CCCl)(CCCl)CCCCl. The van der Waals surface area contributed by atoms with E-state index in [4.69, 9.17) is 49.1 Å². The third-order valence-electron chi connectivity index (χ3n) is 2.18. The van der Waals surface area contributed by atoms with Crippen LogP contribution in [0.5, 0.6) is 0 Å². The van der Waals surface area contributed by atoms with Crippen LogP contribution in [0.3, 0.4) is 0 Å². The van der Waals surface area contributed by atoms with Crippen LogP contribution in [0, 0.1) is 0 Å². The molecular weight excluding hydrogens is 297 g/mol. The van der Waals surface area contributed by atoms with Crippen LogP contribution < -0.4 is 0 Å². The summed E-state index contributed by atoms with van der Waals surface area (Å²) in [7, 11) is -4.55. The van der Waals surface area contributed by atoms with Crippen LogP contribution in [0.25, 0.3) is 0 Å². The Hall–Kier alpha value is 0.980. The average Bonchev–Trinajstić information content (AvgIpc) is 2.13. The van der Waals surface area contributed by atoms with Crippen molar-refractivity contribution in [1.82, 2.24) is 0 Å². The molecule has 0 saturated heterocycles. The van der Waals surface area contributed by atoms with Crippen molar-refractivity contribution in [2.24, 2.45) is 0 Å². The molecule has 0 saturated carbocycles. The standard InChI is InChI=1S/C8H16Cl3O4P/c9-5-1-2-8(3-6-10,4-7-11)15-16(12,13)14/h1-7H2,(H2,12,13,14). The Morgan fingerprint density at radius 3 is 1.81 bits per heavy atom. The summed E-state index contributed by atoms with van der Waals surface area (Å²) in [6.07, 6.45) is 1.70. The van der Waals surface area contributed by atoms with Gasteiger partial charge in [-0.25, -0.2) is 4.57 Å². The molecule has 0 aliphatic rings. The third-order valence-corrected chi connectivity index (χ3v) is 3.45. The lowest BCUT2D eigenvalue weighted by atomic mass is 9.92. The van der Waals surface area contributed by atoms with Crippen LogP contribution in [-0.4, -0.2) is 33.0 Å². The van der Waals surface area contributed by atoms with E-state index in [0.29, 0.717) is 31.6 Å². The van der Waals surface area contributed by atoms with Crippen molar-refractivity contribution in [2.75, 3.05) is 17.6 Å². The largest absolute Gasteiger partial charge is 0.470 e. The van der Waals surface area contributed by atoms with Gasteiger partial charge in [-0.2, -0.15) is 0 Å². The van der Waals surface area contributed by atoms with Crippen molar-refractivity contribution in [3.8, 4) is 0 Å². The summed E-state index contributed by atoms with van der Waals surface area (Å²) < 4.78 is 15.8. The molecular formula is C8H16Cl3O4P. The smallest absolute Gasteiger partial charge is 0.303 e. The van der Waals surface area contributed by atoms with E-state index in [2.05, 4.69) is 0 Å². The van der Waals surface area contributed by atoms with Crippen LogP contribution in [-0.2, 0) is 9.09 Å². The van der Waals surface area contributed by atoms with Gasteiger partial charge in [-0.05, 0) is 25.7 Å². The molecule has 0 spiro atoms. The van der Waals surface area contributed by atoms with Gasteiger partial charge >= 0.3 is 7.82 Å². The number of halogens is 3. The number of alkyl halides is 3. The van der Waals surface area contributed by atoms with E-state index in [1.807, 2.05) is 0 Å². The van der Waals surface area contributed by atoms with E-state index < -0.39 is 13.4 Å². The Labute approximate surface area is 110 Å². The molecule has 16 heavy (non-hydrogen) atoms. The highest BCUT2D eigenvalue weighted by atomic mass is 35.5. The van der Waals surface area contributed by atoms with Crippen molar-refractivity contribution in [3.05, 3.63) is 0 Å². The molecule has 0 rings (SSSR count). The third kappa shape index (κ3) is 7.33. The number of rotatable bonds is 9. The maximum Gasteiger partial charge on any atom is 0.470 e. The maximum atomic E-state index is 10.9. The van der Waals surface area contributed by atoms with Crippen molar-refractivity contribution in [2.45, 2.75) is 31.3 Å². The van der Waals surface area contributed by atoms with Gasteiger partial charge in [0.1, 0.15) is 0 Å². The second-order valence-electron chi connectivity index (χ2n) is 3.44. The van der Waals surface area contributed by atoms with Gasteiger partial charge in [0.15, 0.2) is 0 Å². The van der Waals surface area contributed by atoms with Gasteiger partial charge in [-0.15, -0.1) is 34.8 Å². The van der Waals surface area contributed by atoms with E-state index >= 15 is 0 Å². The molecule has 0 atom stereocenters. The van der Waals surface area contributed by atoms with E-state index in [1.165, 1.54) is 0 Å². The molecule has 0 fully saturated rings. The average molecular weight is 314 g/mol. The molecule has 0 amide bonds. The summed E-state index contributed by atoms with van der Waals surface area (Å²) in [5.41, 5.74) is -0.975. The van der Waals surface area contributed by atoms with Gasteiger partial charge < -0.3 is 9.79 Å².